The van der Waals surface area contributed by atoms with Crippen LogP contribution >= 0.6 is 11.3 Å². The Labute approximate surface area is 144 Å². The predicted molar refractivity (Wildman–Crippen MR) is 92.3 cm³/mol. The van der Waals surface area contributed by atoms with E-state index < -0.39 is 11.6 Å². The molecule has 2 aromatic rings. The molecule has 0 atom stereocenters. The summed E-state index contributed by atoms with van der Waals surface area (Å²) in [5.41, 5.74) is 0.283. The van der Waals surface area contributed by atoms with Crippen LogP contribution in [0.25, 0.3) is 10.6 Å². The fourth-order valence-corrected chi connectivity index (χ4v) is 3.40. The van der Waals surface area contributed by atoms with E-state index in [9.17, 15) is 13.6 Å². The fourth-order valence-electron chi connectivity index (χ4n) is 2.36. The number of likely N-dealkylation sites (N-methyl/N-ethyl adjacent to an activating group) is 1. The molecule has 0 aliphatic heterocycles. The highest BCUT2D eigenvalue weighted by atomic mass is 32.1. The molecule has 0 radical (unpaired) electrons. The lowest BCUT2D eigenvalue weighted by Gasteiger charge is -2.17. The zero-order valence-corrected chi connectivity index (χ0v) is 14.8. The summed E-state index contributed by atoms with van der Waals surface area (Å²) in [6, 6.07) is 3.66. The van der Waals surface area contributed by atoms with Crippen LogP contribution < -0.4 is 5.32 Å². The van der Waals surface area contributed by atoms with Gasteiger partial charge in [0.2, 0.25) is 0 Å². The van der Waals surface area contributed by atoms with Crippen molar-refractivity contribution >= 4 is 17.2 Å². The molecule has 130 valence electrons. The molecule has 0 spiro atoms. The molecule has 1 amide bonds. The fraction of sp³-hybridized carbons (Fsp3) is 0.412. The number of benzene rings is 1. The molecule has 0 fully saturated rings. The minimum atomic E-state index is -0.683. The summed E-state index contributed by atoms with van der Waals surface area (Å²) in [5, 5.41) is 3.01. The average Bonchev–Trinajstić information content (AvgIpc) is 2.93. The van der Waals surface area contributed by atoms with Gasteiger partial charge in [-0.1, -0.05) is 19.9 Å². The molecule has 0 unspecified atom stereocenters. The quantitative estimate of drug-likeness (QED) is 0.829. The maximum absolute atomic E-state index is 13.9. The maximum Gasteiger partial charge on any atom is 0.263 e. The first-order valence-electron chi connectivity index (χ1n) is 7.90. The molecular weight excluding hydrogens is 332 g/mol. The van der Waals surface area contributed by atoms with Gasteiger partial charge in [0, 0.05) is 13.1 Å². The van der Waals surface area contributed by atoms with Crippen LogP contribution in [0.4, 0.5) is 8.78 Å². The van der Waals surface area contributed by atoms with Crippen LogP contribution in [-0.4, -0.2) is 42.0 Å². The van der Waals surface area contributed by atoms with Crippen LogP contribution in [0.2, 0.25) is 0 Å². The number of hydrogen-bond acceptors (Lipinski definition) is 4. The van der Waals surface area contributed by atoms with Gasteiger partial charge < -0.3 is 10.2 Å². The van der Waals surface area contributed by atoms with Gasteiger partial charge in [-0.2, -0.15) is 0 Å². The van der Waals surface area contributed by atoms with E-state index in [0.29, 0.717) is 17.1 Å². The Kier molecular flexibility index (Phi) is 6.39. The van der Waals surface area contributed by atoms with Gasteiger partial charge in [0.25, 0.3) is 5.91 Å². The van der Waals surface area contributed by atoms with Gasteiger partial charge in [0.05, 0.1) is 11.3 Å². The summed E-state index contributed by atoms with van der Waals surface area (Å²) >= 11 is 1.00. The number of hydrogen-bond donors (Lipinski definition) is 1. The standard InChI is InChI=1S/C17H21F2N3OS/c1-4-22(5-2)10-9-20-16(23)15-11(3)21-17(24-15)14-12(18)7-6-8-13(14)19/h6-8H,4-5,9-10H2,1-3H3,(H,20,23). The Morgan fingerprint density at radius 2 is 1.88 bits per heavy atom. The number of thiazole rings is 1. The molecule has 0 aliphatic rings. The van der Waals surface area contributed by atoms with Gasteiger partial charge in [-0.15, -0.1) is 11.3 Å². The minimum Gasteiger partial charge on any atom is -0.350 e. The smallest absolute Gasteiger partial charge is 0.263 e. The first-order chi connectivity index (χ1) is 11.5. The predicted octanol–water partition coefficient (Wildman–Crippen LogP) is 3.47. The van der Waals surface area contributed by atoms with Crippen LogP contribution in [0.5, 0.6) is 0 Å². The summed E-state index contributed by atoms with van der Waals surface area (Å²) in [5.74, 6) is -1.63. The lowest BCUT2D eigenvalue weighted by atomic mass is 10.2. The van der Waals surface area contributed by atoms with E-state index in [4.69, 9.17) is 0 Å². The second-order valence-corrected chi connectivity index (χ2v) is 6.31. The molecule has 4 nitrogen and oxygen atoms in total. The van der Waals surface area contributed by atoms with Crippen molar-refractivity contribution in [3.8, 4) is 10.6 Å². The Morgan fingerprint density at radius 1 is 1.25 bits per heavy atom. The zero-order valence-electron chi connectivity index (χ0n) is 14.0. The van der Waals surface area contributed by atoms with Crippen molar-refractivity contribution in [2.24, 2.45) is 0 Å². The van der Waals surface area contributed by atoms with Crippen LogP contribution in [-0.2, 0) is 0 Å². The van der Waals surface area contributed by atoms with Crippen molar-refractivity contribution < 1.29 is 13.6 Å². The highest BCUT2D eigenvalue weighted by Crippen LogP contribution is 2.31. The number of aromatic nitrogens is 1. The maximum atomic E-state index is 13.9. The lowest BCUT2D eigenvalue weighted by molar-refractivity contribution is 0.0952. The largest absolute Gasteiger partial charge is 0.350 e. The second-order valence-electron chi connectivity index (χ2n) is 5.31. The van der Waals surface area contributed by atoms with E-state index in [2.05, 4.69) is 29.0 Å². The number of halogens is 2. The molecule has 24 heavy (non-hydrogen) atoms. The van der Waals surface area contributed by atoms with Gasteiger partial charge in [-0.05, 0) is 32.1 Å². The van der Waals surface area contributed by atoms with E-state index in [0.717, 1.165) is 31.0 Å². The van der Waals surface area contributed by atoms with Gasteiger partial charge in [-0.25, -0.2) is 13.8 Å². The molecule has 1 heterocycles. The molecule has 0 saturated heterocycles. The molecular formula is C17H21F2N3OS. The third kappa shape index (κ3) is 4.15. The third-order valence-corrected chi connectivity index (χ3v) is 4.96. The van der Waals surface area contributed by atoms with E-state index >= 15 is 0 Å². The Morgan fingerprint density at radius 3 is 2.46 bits per heavy atom. The number of carbonyl (C=O) groups is 1. The SMILES string of the molecule is CCN(CC)CCNC(=O)c1sc(-c2c(F)cccc2F)nc1C. The summed E-state index contributed by atoms with van der Waals surface area (Å²) in [6.07, 6.45) is 0. The van der Waals surface area contributed by atoms with Crippen LogP contribution in [0, 0.1) is 18.6 Å². The molecule has 1 N–H and O–H groups in total. The number of nitrogens with one attached hydrogen (secondary N) is 1. The molecule has 0 aliphatic carbocycles. The molecule has 7 heteroatoms. The van der Waals surface area contributed by atoms with Crippen LogP contribution in [0.1, 0.15) is 29.2 Å². The Bertz CT molecular complexity index is 694. The molecule has 1 aromatic heterocycles. The van der Waals surface area contributed by atoms with E-state index in [1.165, 1.54) is 18.2 Å². The number of rotatable bonds is 7. The van der Waals surface area contributed by atoms with Crippen molar-refractivity contribution in [1.82, 2.24) is 15.2 Å². The van der Waals surface area contributed by atoms with Crippen LogP contribution in [0.3, 0.4) is 0 Å². The summed E-state index contributed by atoms with van der Waals surface area (Å²) in [7, 11) is 0. The normalized spacial score (nSPS) is 11.1. The average molecular weight is 353 g/mol. The van der Waals surface area contributed by atoms with Crippen molar-refractivity contribution in [1.29, 1.82) is 0 Å². The van der Waals surface area contributed by atoms with E-state index in [1.807, 2.05) is 0 Å². The van der Waals surface area contributed by atoms with Crippen molar-refractivity contribution in [2.45, 2.75) is 20.8 Å². The molecule has 0 saturated carbocycles. The zero-order chi connectivity index (χ0) is 17.7. The number of aryl methyl sites for hydroxylation is 1. The van der Waals surface area contributed by atoms with Crippen molar-refractivity contribution in [3.63, 3.8) is 0 Å². The monoisotopic (exact) mass is 353 g/mol. The van der Waals surface area contributed by atoms with Crippen molar-refractivity contribution in [2.75, 3.05) is 26.2 Å². The molecule has 2 rings (SSSR count). The van der Waals surface area contributed by atoms with Crippen LogP contribution in [0.15, 0.2) is 18.2 Å². The number of carbonyl (C=O) groups excluding carboxylic acids is 1. The number of amides is 1. The Balaban J connectivity index is 2.13. The first kappa shape index (κ1) is 18.5. The Hall–Kier alpha value is -1.86. The highest BCUT2D eigenvalue weighted by molar-refractivity contribution is 7.17. The molecule has 1 aromatic carbocycles. The summed E-state index contributed by atoms with van der Waals surface area (Å²) in [4.78, 5) is 19.0. The van der Waals surface area contributed by atoms with E-state index in [1.54, 1.807) is 6.92 Å². The summed E-state index contributed by atoms with van der Waals surface area (Å²) in [6.45, 7) is 8.90. The van der Waals surface area contributed by atoms with Gasteiger partial charge in [-0.3, -0.25) is 4.79 Å². The highest BCUT2D eigenvalue weighted by Gasteiger charge is 2.20. The van der Waals surface area contributed by atoms with E-state index in [-0.39, 0.29) is 16.5 Å². The molecule has 0 bridgehead atoms. The first-order valence-corrected chi connectivity index (χ1v) is 8.71. The second kappa shape index (κ2) is 8.30. The van der Waals surface area contributed by atoms with Gasteiger partial charge in [0.1, 0.15) is 21.5 Å². The van der Waals surface area contributed by atoms with Gasteiger partial charge >= 0.3 is 0 Å². The lowest BCUT2D eigenvalue weighted by Crippen LogP contribution is -2.34. The topological polar surface area (TPSA) is 45.2 Å². The van der Waals surface area contributed by atoms with Gasteiger partial charge in [0.15, 0.2) is 0 Å². The number of nitrogens with zero attached hydrogens (tertiary/aromatic N) is 2. The summed E-state index contributed by atoms with van der Waals surface area (Å²) < 4.78 is 27.7. The van der Waals surface area contributed by atoms with Crippen molar-refractivity contribution in [3.05, 3.63) is 40.4 Å². The third-order valence-electron chi connectivity index (χ3n) is 3.79. The minimum absolute atomic E-state index is 0.178.